The standard InChI is InChI=1S/C15H19N/c1-2-7-13(8-3-1)15-14-9-5-4-6-12(14)10-11-16-15/h4-6,9,13H,1-3,7-8,10-11H2. The third-order valence-corrected chi connectivity index (χ3v) is 3.95. The van der Waals surface area contributed by atoms with Crippen molar-refractivity contribution in [1.29, 1.82) is 0 Å². The Morgan fingerprint density at radius 3 is 2.69 bits per heavy atom. The van der Waals surface area contributed by atoms with Gasteiger partial charge < -0.3 is 0 Å². The first kappa shape index (κ1) is 10.1. The van der Waals surface area contributed by atoms with Crippen LogP contribution in [-0.4, -0.2) is 12.3 Å². The summed E-state index contributed by atoms with van der Waals surface area (Å²) >= 11 is 0. The van der Waals surface area contributed by atoms with Gasteiger partial charge in [-0.15, -0.1) is 0 Å². The molecule has 1 nitrogen and oxygen atoms in total. The summed E-state index contributed by atoms with van der Waals surface area (Å²) < 4.78 is 0. The second-order valence-corrected chi connectivity index (χ2v) is 5.01. The quantitative estimate of drug-likeness (QED) is 0.675. The third-order valence-electron chi connectivity index (χ3n) is 3.95. The summed E-state index contributed by atoms with van der Waals surface area (Å²) in [5, 5.41) is 0. The second kappa shape index (κ2) is 4.40. The summed E-state index contributed by atoms with van der Waals surface area (Å²) in [7, 11) is 0. The lowest BCUT2D eigenvalue weighted by atomic mass is 9.81. The van der Waals surface area contributed by atoms with Crippen molar-refractivity contribution in [3.8, 4) is 0 Å². The fraction of sp³-hybridized carbons (Fsp3) is 0.533. The SMILES string of the molecule is c1ccc2c(c1)CCN=C2C1CCCCC1. The topological polar surface area (TPSA) is 12.4 Å². The first-order chi connectivity index (χ1) is 7.95. The molecule has 2 aliphatic rings. The summed E-state index contributed by atoms with van der Waals surface area (Å²) in [6.07, 6.45) is 8.05. The van der Waals surface area contributed by atoms with E-state index in [0.29, 0.717) is 0 Å². The predicted molar refractivity (Wildman–Crippen MR) is 68.1 cm³/mol. The number of nitrogens with zero attached hydrogens (tertiary/aromatic N) is 1. The maximum atomic E-state index is 4.81. The van der Waals surface area contributed by atoms with Crippen LogP contribution in [0, 0.1) is 5.92 Å². The molecule has 1 heteroatoms. The van der Waals surface area contributed by atoms with Crippen molar-refractivity contribution < 1.29 is 0 Å². The van der Waals surface area contributed by atoms with Crippen LogP contribution in [0.3, 0.4) is 0 Å². The Morgan fingerprint density at radius 2 is 1.81 bits per heavy atom. The molecule has 0 unspecified atom stereocenters. The lowest BCUT2D eigenvalue weighted by Gasteiger charge is -2.27. The summed E-state index contributed by atoms with van der Waals surface area (Å²) in [6.45, 7) is 1.00. The molecular weight excluding hydrogens is 194 g/mol. The molecule has 84 valence electrons. The molecule has 1 aliphatic heterocycles. The summed E-state index contributed by atoms with van der Waals surface area (Å²) in [5.74, 6) is 0.746. The number of aliphatic imine (C=N–C) groups is 1. The first-order valence-electron chi connectivity index (χ1n) is 6.58. The summed E-state index contributed by atoms with van der Waals surface area (Å²) in [6, 6.07) is 8.85. The van der Waals surface area contributed by atoms with E-state index in [2.05, 4.69) is 24.3 Å². The minimum atomic E-state index is 0.746. The van der Waals surface area contributed by atoms with Crippen LogP contribution < -0.4 is 0 Å². The molecule has 1 saturated carbocycles. The van der Waals surface area contributed by atoms with E-state index >= 15 is 0 Å². The highest BCUT2D eigenvalue weighted by atomic mass is 14.8. The van der Waals surface area contributed by atoms with E-state index in [9.17, 15) is 0 Å². The monoisotopic (exact) mass is 213 g/mol. The zero-order chi connectivity index (χ0) is 10.8. The van der Waals surface area contributed by atoms with Crippen molar-refractivity contribution in [1.82, 2.24) is 0 Å². The molecule has 0 N–H and O–H groups in total. The lowest BCUT2D eigenvalue weighted by molar-refractivity contribution is 0.438. The van der Waals surface area contributed by atoms with Gasteiger partial charge in [0.2, 0.25) is 0 Å². The Labute approximate surface area is 97.6 Å². The molecule has 0 aromatic heterocycles. The van der Waals surface area contributed by atoms with Gasteiger partial charge in [0.05, 0.1) is 0 Å². The Bertz CT molecular complexity index is 400. The van der Waals surface area contributed by atoms with Crippen molar-refractivity contribution in [3.05, 3.63) is 35.4 Å². The Hall–Kier alpha value is -1.11. The highest BCUT2D eigenvalue weighted by Gasteiger charge is 2.23. The minimum Gasteiger partial charge on any atom is -0.288 e. The number of fused-ring (bicyclic) bond motifs is 1. The van der Waals surface area contributed by atoms with Gasteiger partial charge >= 0.3 is 0 Å². The minimum absolute atomic E-state index is 0.746. The van der Waals surface area contributed by atoms with Crippen molar-refractivity contribution in [2.24, 2.45) is 10.9 Å². The highest BCUT2D eigenvalue weighted by Crippen LogP contribution is 2.30. The second-order valence-electron chi connectivity index (χ2n) is 5.01. The van der Waals surface area contributed by atoms with Crippen LogP contribution in [0.15, 0.2) is 29.3 Å². The largest absolute Gasteiger partial charge is 0.288 e. The number of hydrogen-bond donors (Lipinski definition) is 0. The number of benzene rings is 1. The summed E-state index contributed by atoms with van der Waals surface area (Å²) in [5.41, 5.74) is 4.38. The molecule has 1 aliphatic carbocycles. The number of rotatable bonds is 1. The van der Waals surface area contributed by atoms with E-state index in [1.165, 1.54) is 48.9 Å². The predicted octanol–water partition coefficient (Wildman–Crippen LogP) is 3.61. The van der Waals surface area contributed by atoms with Gasteiger partial charge in [0.1, 0.15) is 0 Å². The smallest absolute Gasteiger partial charge is 0.0454 e. The van der Waals surface area contributed by atoms with Gasteiger partial charge in [-0.3, -0.25) is 4.99 Å². The average Bonchev–Trinajstić information content (AvgIpc) is 2.39. The highest BCUT2D eigenvalue weighted by molar-refractivity contribution is 6.04. The molecule has 1 aromatic rings. The van der Waals surface area contributed by atoms with Gasteiger partial charge in [0.15, 0.2) is 0 Å². The van der Waals surface area contributed by atoms with Gasteiger partial charge in [0, 0.05) is 18.2 Å². The number of hydrogen-bond acceptors (Lipinski definition) is 1. The average molecular weight is 213 g/mol. The van der Waals surface area contributed by atoms with Crippen LogP contribution in [0.2, 0.25) is 0 Å². The molecule has 0 radical (unpaired) electrons. The van der Waals surface area contributed by atoms with Crippen LogP contribution in [0.5, 0.6) is 0 Å². The zero-order valence-corrected chi connectivity index (χ0v) is 9.78. The molecule has 3 rings (SSSR count). The zero-order valence-electron chi connectivity index (χ0n) is 9.78. The van der Waals surface area contributed by atoms with Gasteiger partial charge in [-0.05, 0) is 30.4 Å². The Morgan fingerprint density at radius 1 is 1.00 bits per heavy atom. The van der Waals surface area contributed by atoms with E-state index in [4.69, 9.17) is 4.99 Å². The van der Waals surface area contributed by atoms with Gasteiger partial charge in [-0.2, -0.15) is 0 Å². The van der Waals surface area contributed by atoms with Crippen molar-refractivity contribution in [2.45, 2.75) is 38.5 Å². The molecule has 0 spiro atoms. The van der Waals surface area contributed by atoms with Crippen LogP contribution >= 0.6 is 0 Å². The fourth-order valence-corrected chi connectivity index (χ4v) is 3.10. The third kappa shape index (κ3) is 1.79. The van der Waals surface area contributed by atoms with Gasteiger partial charge in [0.25, 0.3) is 0 Å². The fourth-order valence-electron chi connectivity index (χ4n) is 3.10. The van der Waals surface area contributed by atoms with E-state index in [-0.39, 0.29) is 0 Å². The van der Waals surface area contributed by atoms with E-state index in [1.54, 1.807) is 0 Å². The van der Waals surface area contributed by atoms with Crippen LogP contribution in [0.1, 0.15) is 43.2 Å². The molecule has 1 fully saturated rings. The van der Waals surface area contributed by atoms with E-state index < -0.39 is 0 Å². The summed E-state index contributed by atoms with van der Waals surface area (Å²) in [4.78, 5) is 4.81. The van der Waals surface area contributed by atoms with Crippen LogP contribution in [0.4, 0.5) is 0 Å². The maximum Gasteiger partial charge on any atom is 0.0454 e. The molecule has 0 atom stereocenters. The normalized spacial score (nSPS) is 21.4. The molecule has 0 bridgehead atoms. The Kier molecular flexibility index (Phi) is 2.77. The Balaban J connectivity index is 1.92. The molecular formula is C15H19N. The van der Waals surface area contributed by atoms with Crippen molar-refractivity contribution in [3.63, 3.8) is 0 Å². The van der Waals surface area contributed by atoms with Gasteiger partial charge in [-0.25, -0.2) is 0 Å². The molecule has 0 amide bonds. The van der Waals surface area contributed by atoms with E-state index in [0.717, 1.165) is 18.9 Å². The van der Waals surface area contributed by atoms with Crippen molar-refractivity contribution >= 4 is 5.71 Å². The molecule has 16 heavy (non-hydrogen) atoms. The van der Waals surface area contributed by atoms with Crippen molar-refractivity contribution in [2.75, 3.05) is 6.54 Å². The van der Waals surface area contributed by atoms with E-state index in [1.807, 2.05) is 0 Å². The van der Waals surface area contributed by atoms with Crippen LogP contribution in [0.25, 0.3) is 0 Å². The molecule has 0 saturated heterocycles. The first-order valence-corrected chi connectivity index (χ1v) is 6.58. The lowest BCUT2D eigenvalue weighted by Crippen LogP contribution is -2.23. The van der Waals surface area contributed by atoms with Crippen LogP contribution in [-0.2, 0) is 6.42 Å². The van der Waals surface area contributed by atoms with Gasteiger partial charge in [-0.1, -0.05) is 43.5 Å². The molecule has 1 aromatic carbocycles. The maximum absolute atomic E-state index is 4.81. The molecule has 1 heterocycles.